The highest BCUT2D eigenvalue weighted by atomic mass is 32.2. The predicted molar refractivity (Wildman–Crippen MR) is 161 cm³/mol. The van der Waals surface area contributed by atoms with Gasteiger partial charge < -0.3 is 15.0 Å². The molecule has 0 amide bonds. The van der Waals surface area contributed by atoms with Crippen molar-refractivity contribution in [3.8, 4) is 5.88 Å². The molecule has 0 spiro atoms. The highest BCUT2D eigenvalue weighted by Gasteiger charge is 2.29. The summed E-state index contributed by atoms with van der Waals surface area (Å²) in [5, 5.41) is 9.31. The minimum Gasteiger partial charge on any atom is -0.476 e. The Labute approximate surface area is 240 Å². The van der Waals surface area contributed by atoms with Gasteiger partial charge in [-0.1, -0.05) is 18.2 Å². The van der Waals surface area contributed by atoms with Gasteiger partial charge in [-0.05, 0) is 54.6 Å². The molecule has 2 aromatic heterocycles. The van der Waals surface area contributed by atoms with Crippen LogP contribution in [0.15, 0.2) is 64.4 Å². The maximum absolute atomic E-state index is 13.7. The molecule has 6 rings (SSSR count). The molecule has 2 atom stereocenters. The third-order valence-electron chi connectivity index (χ3n) is 8.27. The van der Waals surface area contributed by atoms with Gasteiger partial charge in [0, 0.05) is 57.0 Å². The number of fused-ring (bicyclic) bond motifs is 2. The van der Waals surface area contributed by atoms with Crippen LogP contribution in [0.1, 0.15) is 24.1 Å². The third kappa shape index (κ3) is 5.19. The normalized spacial score (nSPS) is 18.6. The summed E-state index contributed by atoms with van der Waals surface area (Å²) in [6, 6.07) is 15.0. The first kappa shape index (κ1) is 27.3. The molecule has 2 aromatic carbocycles. The number of nitrogens with one attached hydrogen (secondary N) is 1. The van der Waals surface area contributed by atoms with Crippen molar-refractivity contribution in [1.82, 2.24) is 19.2 Å². The maximum atomic E-state index is 13.7. The number of nitrogens with zero attached hydrogens (tertiary/aromatic N) is 5. The second-order valence-corrected chi connectivity index (χ2v) is 13.1. The molecule has 4 aromatic rings. The van der Waals surface area contributed by atoms with Gasteiger partial charge in [-0.15, -0.1) is 0 Å². The Balaban J connectivity index is 1.29. The molecule has 0 bridgehead atoms. The minimum absolute atomic E-state index is 0.0412. The lowest BCUT2D eigenvalue weighted by atomic mass is 9.97. The van der Waals surface area contributed by atoms with Crippen molar-refractivity contribution < 1.29 is 13.2 Å². The van der Waals surface area contributed by atoms with Gasteiger partial charge in [0.05, 0.1) is 29.4 Å². The highest BCUT2D eigenvalue weighted by Crippen LogP contribution is 2.32. The van der Waals surface area contributed by atoms with Gasteiger partial charge in [0.25, 0.3) is 5.56 Å². The van der Waals surface area contributed by atoms with E-state index in [-0.39, 0.29) is 22.5 Å². The zero-order valence-electron chi connectivity index (χ0n) is 23.9. The Kier molecular flexibility index (Phi) is 7.03. The quantitative estimate of drug-likeness (QED) is 0.374. The summed E-state index contributed by atoms with van der Waals surface area (Å²) in [4.78, 5) is 18.6. The number of benzene rings is 2. The minimum atomic E-state index is -3.41. The molecule has 216 valence electrons. The van der Waals surface area contributed by atoms with Crippen LogP contribution in [0.3, 0.4) is 0 Å². The predicted octanol–water partition coefficient (Wildman–Crippen LogP) is 3.20. The molecular formula is C30H36N6O4S. The van der Waals surface area contributed by atoms with Crippen LogP contribution in [-0.2, 0) is 23.4 Å². The van der Waals surface area contributed by atoms with Crippen LogP contribution >= 0.6 is 0 Å². The molecule has 1 N–H and O–H groups in total. The smallest absolute Gasteiger partial charge is 0.259 e. The second kappa shape index (κ2) is 10.5. The first-order valence-electron chi connectivity index (χ1n) is 13.9. The van der Waals surface area contributed by atoms with Crippen molar-refractivity contribution in [2.45, 2.75) is 37.4 Å². The fraction of sp³-hybridized carbons (Fsp3) is 0.400. The van der Waals surface area contributed by atoms with Gasteiger partial charge in [0.1, 0.15) is 12.4 Å². The molecule has 11 heteroatoms. The van der Waals surface area contributed by atoms with E-state index >= 15 is 0 Å². The lowest BCUT2D eigenvalue weighted by Crippen LogP contribution is -2.54. The van der Waals surface area contributed by atoms with Crippen LogP contribution in [0.5, 0.6) is 5.88 Å². The Morgan fingerprint density at radius 2 is 1.80 bits per heavy atom. The third-order valence-corrected chi connectivity index (χ3v) is 9.43. The molecule has 0 aliphatic carbocycles. The molecule has 10 nitrogen and oxygen atoms in total. The molecule has 0 saturated carbocycles. The van der Waals surface area contributed by atoms with E-state index in [9.17, 15) is 13.2 Å². The number of pyridine rings is 1. The summed E-state index contributed by atoms with van der Waals surface area (Å²) in [5.74, 6) is 1.70. The Morgan fingerprint density at radius 1 is 1.05 bits per heavy atom. The molecule has 41 heavy (non-hydrogen) atoms. The van der Waals surface area contributed by atoms with Crippen molar-refractivity contribution in [3.63, 3.8) is 0 Å². The monoisotopic (exact) mass is 576 g/mol. The zero-order valence-corrected chi connectivity index (χ0v) is 24.7. The van der Waals surface area contributed by atoms with E-state index in [2.05, 4.69) is 32.3 Å². The molecule has 0 radical (unpaired) electrons. The number of para-hydroxylation sites is 1. The number of aryl methyl sites for hydroxylation is 1. The molecule has 1 fully saturated rings. The largest absolute Gasteiger partial charge is 0.476 e. The van der Waals surface area contributed by atoms with E-state index < -0.39 is 9.84 Å². The molecule has 4 heterocycles. The Hall–Kier alpha value is -3.83. The van der Waals surface area contributed by atoms with Crippen LogP contribution in [0.4, 0.5) is 11.5 Å². The zero-order chi connectivity index (χ0) is 28.9. The standard InChI is InChI=1S/C30H36N6O4S/c1-20-15-23(21(2)32-26-7-5-6-8-27(26)41(4,38)39)24-17-28(33(3)30(37)25(24)16-20)35-13-11-34(12-14-35)22-18-36-29(40-19-22)9-10-31-36/h5-10,15-17,21-22,32H,11-14,18-19H2,1-4H3/t21-,22-/m1/s1. The molecule has 0 unspecified atom stereocenters. The van der Waals surface area contributed by atoms with Gasteiger partial charge >= 0.3 is 0 Å². The van der Waals surface area contributed by atoms with Crippen molar-refractivity contribution in [2.75, 3.05) is 49.3 Å². The summed E-state index contributed by atoms with van der Waals surface area (Å²) in [5.41, 5.74) is 2.44. The number of piperazine rings is 1. The van der Waals surface area contributed by atoms with Crippen LogP contribution in [0.2, 0.25) is 0 Å². The lowest BCUT2D eigenvalue weighted by molar-refractivity contribution is 0.0797. The number of aromatic nitrogens is 3. The van der Waals surface area contributed by atoms with Gasteiger partial charge in [-0.25, -0.2) is 13.1 Å². The molecular weight excluding hydrogens is 540 g/mol. The molecule has 2 aliphatic heterocycles. The van der Waals surface area contributed by atoms with E-state index in [1.165, 1.54) is 6.26 Å². The van der Waals surface area contributed by atoms with Gasteiger partial charge in [0.2, 0.25) is 5.88 Å². The summed E-state index contributed by atoms with van der Waals surface area (Å²) in [7, 11) is -1.57. The number of sulfone groups is 1. The van der Waals surface area contributed by atoms with Crippen molar-refractivity contribution in [1.29, 1.82) is 0 Å². The van der Waals surface area contributed by atoms with E-state index in [1.807, 2.05) is 43.8 Å². The number of ether oxygens (including phenoxy) is 1. The highest BCUT2D eigenvalue weighted by molar-refractivity contribution is 7.90. The van der Waals surface area contributed by atoms with Crippen molar-refractivity contribution >= 4 is 32.1 Å². The summed E-state index contributed by atoms with van der Waals surface area (Å²) in [6.45, 7) is 8.74. The van der Waals surface area contributed by atoms with Crippen molar-refractivity contribution in [2.24, 2.45) is 7.05 Å². The average Bonchev–Trinajstić information content (AvgIpc) is 3.43. The topological polar surface area (TPSA) is 102 Å². The van der Waals surface area contributed by atoms with Crippen LogP contribution in [0.25, 0.3) is 10.8 Å². The SMILES string of the molecule is Cc1cc([C@@H](C)Nc2ccccc2S(C)(=O)=O)c2cc(N3CCN([C@H]4COc5ccnn5C4)CC3)n(C)c(=O)c2c1. The Morgan fingerprint density at radius 3 is 2.56 bits per heavy atom. The Bertz CT molecular complexity index is 1770. The van der Waals surface area contributed by atoms with E-state index in [0.29, 0.717) is 17.7 Å². The van der Waals surface area contributed by atoms with Gasteiger partial charge in [-0.3, -0.25) is 14.3 Å². The van der Waals surface area contributed by atoms with E-state index in [1.54, 1.807) is 29.0 Å². The van der Waals surface area contributed by atoms with Crippen molar-refractivity contribution in [3.05, 3.63) is 76.2 Å². The average molecular weight is 577 g/mol. The second-order valence-electron chi connectivity index (χ2n) is 11.2. The number of hydrogen-bond acceptors (Lipinski definition) is 8. The molecule has 1 saturated heterocycles. The summed E-state index contributed by atoms with van der Waals surface area (Å²) in [6.07, 6.45) is 2.98. The first-order chi connectivity index (χ1) is 19.6. The number of anilines is 2. The van der Waals surface area contributed by atoms with E-state index in [0.717, 1.165) is 60.9 Å². The fourth-order valence-electron chi connectivity index (χ4n) is 6.11. The lowest BCUT2D eigenvalue weighted by Gasteiger charge is -2.41. The maximum Gasteiger partial charge on any atom is 0.259 e. The van der Waals surface area contributed by atoms with Gasteiger partial charge in [0.15, 0.2) is 9.84 Å². The van der Waals surface area contributed by atoms with Crippen LogP contribution in [0, 0.1) is 6.92 Å². The fourth-order valence-corrected chi connectivity index (χ4v) is 6.96. The summed E-state index contributed by atoms with van der Waals surface area (Å²) >= 11 is 0. The molecule has 2 aliphatic rings. The van der Waals surface area contributed by atoms with Crippen LogP contribution in [-0.4, -0.2) is 72.7 Å². The number of rotatable bonds is 6. The first-order valence-corrected chi connectivity index (χ1v) is 15.8. The van der Waals surface area contributed by atoms with E-state index in [4.69, 9.17) is 4.74 Å². The summed E-state index contributed by atoms with van der Waals surface area (Å²) < 4.78 is 34.4. The van der Waals surface area contributed by atoms with Gasteiger partial charge in [-0.2, -0.15) is 5.10 Å². The van der Waals surface area contributed by atoms with Crippen LogP contribution < -0.4 is 20.5 Å². The number of hydrogen-bond donors (Lipinski definition) is 1.